The minimum Gasteiger partial charge on any atom is -0.381 e. The second kappa shape index (κ2) is 4.72. The summed E-state index contributed by atoms with van der Waals surface area (Å²) >= 11 is 6.15. The first-order valence-electron chi connectivity index (χ1n) is 5.85. The van der Waals surface area contributed by atoms with Crippen molar-refractivity contribution in [1.82, 2.24) is 14.8 Å². The van der Waals surface area contributed by atoms with Crippen LogP contribution in [0.1, 0.15) is 38.9 Å². The standard InChI is InChI=1S/C11H18ClN3O/c1-3-4-9-13-14-10(12)15(9)11(2)5-7-16-8-6-11/h3-8H2,1-2H3. The molecule has 5 heteroatoms. The lowest BCUT2D eigenvalue weighted by molar-refractivity contribution is 0.0283. The molecule has 1 aromatic heterocycles. The number of halogens is 1. The third-order valence-electron chi connectivity index (χ3n) is 3.27. The molecule has 90 valence electrons. The summed E-state index contributed by atoms with van der Waals surface area (Å²) in [5.41, 5.74) is 0.0172. The van der Waals surface area contributed by atoms with E-state index in [0.717, 1.165) is 44.7 Å². The number of aromatic nitrogens is 3. The van der Waals surface area contributed by atoms with Crippen molar-refractivity contribution in [3.8, 4) is 0 Å². The van der Waals surface area contributed by atoms with Crippen LogP contribution < -0.4 is 0 Å². The molecule has 16 heavy (non-hydrogen) atoms. The Labute approximate surface area is 101 Å². The van der Waals surface area contributed by atoms with Gasteiger partial charge in [-0.05, 0) is 37.8 Å². The van der Waals surface area contributed by atoms with Gasteiger partial charge in [0.25, 0.3) is 0 Å². The Morgan fingerprint density at radius 3 is 2.69 bits per heavy atom. The number of rotatable bonds is 3. The molecule has 0 spiro atoms. The molecule has 0 amide bonds. The van der Waals surface area contributed by atoms with Crippen LogP contribution >= 0.6 is 11.6 Å². The van der Waals surface area contributed by atoms with Gasteiger partial charge in [-0.1, -0.05) is 6.92 Å². The third kappa shape index (κ3) is 2.09. The van der Waals surface area contributed by atoms with Crippen molar-refractivity contribution in [2.45, 2.75) is 45.1 Å². The molecule has 1 aliphatic rings. The summed E-state index contributed by atoms with van der Waals surface area (Å²) in [6.45, 7) is 5.93. The van der Waals surface area contributed by atoms with E-state index < -0.39 is 0 Å². The number of ether oxygens (including phenoxy) is 1. The Morgan fingerprint density at radius 1 is 1.38 bits per heavy atom. The highest BCUT2D eigenvalue weighted by Gasteiger charge is 2.33. The second-order valence-electron chi connectivity index (χ2n) is 4.58. The highest BCUT2D eigenvalue weighted by molar-refractivity contribution is 6.28. The third-order valence-corrected chi connectivity index (χ3v) is 3.52. The predicted molar refractivity (Wildman–Crippen MR) is 62.7 cm³/mol. The summed E-state index contributed by atoms with van der Waals surface area (Å²) in [5, 5.41) is 8.67. The summed E-state index contributed by atoms with van der Waals surface area (Å²) in [6.07, 6.45) is 3.93. The molecule has 0 atom stereocenters. The maximum absolute atomic E-state index is 6.15. The van der Waals surface area contributed by atoms with Crippen molar-refractivity contribution < 1.29 is 4.74 Å². The number of aryl methyl sites for hydroxylation is 1. The molecular weight excluding hydrogens is 226 g/mol. The van der Waals surface area contributed by atoms with Crippen LogP contribution in [0.25, 0.3) is 0 Å². The summed E-state index contributed by atoms with van der Waals surface area (Å²) in [5.74, 6) is 0.997. The zero-order valence-corrected chi connectivity index (χ0v) is 10.6. The van der Waals surface area contributed by atoms with E-state index in [1.807, 2.05) is 0 Å². The smallest absolute Gasteiger partial charge is 0.225 e. The fraction of sp³-hybridized carbons (Fsp3) is 0.818. The molecule has 2 rings (SSSR count). The lowest BCUT2D eigenvalue weighted by atomic mass is 9.92. The van der Waals surface area contributed by atoms with Gasteiger partial charge in [0, 0.05) is 19.6 Å². The molecule has 0 aromatic carbocycles. The van der Waals surface area contributed by atoms with Crippen molar-refractivity contribution in [2.75, 3.05) is 13.2 Å². The summed E-state index contributed by atoms with van der Waals surface area (Å²) in [6, 6.07) is 0. The molecule has 1 aromatic rings. The van der Waals surface area contributed by atoms with Gasteiger partial charge in [0.15, 0.2) is 0 Å². The van der Waals surface area contributed by atoms with Crippen LogP contribution in [0.3, 0.4) is 0 Å². The van der Waals surface area contributed by atoms with Gasteiger partial charge < -0.3 is 4.74 Å². The van der Waals surface area contributed by atoms with E-state index in [1.54, 1.807) is 0 Å². The van der Waals surface area contributed by atoms with E-state index in [0.29, 0.717) is 5.28 Å². The maximum atomic E-state index is 6.15. The van der Waals surface area contributed by atoms with Gasteiger partial charge in [-0.2, -0.15) is 0 Å². The Bertz CT molecular complexity index is 358. The summed E-state index contributed by atoms with van der Waals surface area (Å²) < 4.78 is 7.50. The van der Waals surface area contributed by atoms with Crippen LogP contribution in [-0.2, 0) is 16.7 Å². The molecule has 1 fully saturated rings. The van der Waals surface area contributed by atoms with Crippen molar-refractivity contribution in [2.24, 2.45) is 0 Å². The average Bonchev–Trinajstić information content (AvgIpc) is 2.62. The van der Waals surface area contributed by atoms with Gasteiger partial charge in [0.05, 0.1) is 5.54 Å². The molecule has 1 aliphatic heterocycles. The number of nitrogens with zero attached hydrogens (tertiary/aromatic N) is 3. The normalized spacial score (nSPS) is 19.9. The van der Waals surface area contributed by atoms with Gasteiger partial charge >= 0.3 is 0 Å². The van der Waals surface area contributed by atoms with E-state index in [1.165, 1.54) is 0 Å². The van der Waals surface area contributed by atoms with E-state index in [2.05, 4.69) is 28.6 Å². The predicted octanol–water partition coefficient (Wildman–Crippen LogP) is 2.41. The first kappa shape index (κ1) is 11.9. The largest absolute Gasteiger partial charge is 0.381 e. The zero-order chi connectivity index (χ0) is 11.6. The Kier molecular flexibility index (Phi) is 3.50. The molecule has 4 nitrogen and oxygen atoms in total. The van der Waals surface area contributed by atoms with Gasteiger partial charge in [-0.25, -0.2) is 0 Å². The number of hydrogen-bond donors (Lipinski definition) is 0. The lowest BCUT2D eigenvalue weighted by Crippen LogP contribution is -2.37. The van der Waals surface area contributed by atoms with Crippen molar-refractivity contribution in [3.05, 3.63) is 11.1 Å². The van der Waals surface area contributed by atoms with Crippen LogP contribution in [0, 0.1) is 0 Å². The van der Waals surface area contributed by atoms with E-state index in [4.69, 9.17) is 16.3 Å². The van der Waals surface area contributed by atoms with Crippen molar-refractivity contribution >= 4 is 11.6 Å². The van der Waals surface area contributed by atoms with Crippen LogP contribution in [-0.4, -0.2) is 28.0 Å². The summed E-state index contributed by atoms with van der Waals surface area (Å²) in [4.78, 5) is 0. The molecule has 0 unspecified atom stereocenters. The molecule has 0 radical (unpaired) electrons. The Balaban J connectivity index is 2.33. The molecular formula is C11H18ClN3O. The lowest BCUT2D eigenvalue weighted by Gasteiger charge is -2.36. The monoisotopic (exact) mass is 243 g/mol. The van der Waals surface area contributed by atoms with E-state index in [-0.39, 0.29) is 5.54 Å². The zero-order valence-electron chi connectivity index (χ0n) is 9.87. The summed E-state index contributed by atoms with van der Waals surface area (Å²) in [7, 11) is 0. The minimum atomic E-state index is 0.0172. The van der Waals surface area contributed by atoms with Crippen LogP contribution in [0.5, 0.6) is 0 Å². The molecule has 0 N–H and O–H groups in total. The van der Waals surface area contributed by atoms with Crippen LogP contribution in [0.4, 0.5) is 0 Å². The van der Waals surface area contributed by atoms with Crippen molar-refractivity contribution in [3.63, 3.8) is 0 Å². The molecule has 0 saturated carbocycles. The topological polar surface area (TPSA) is 39.9 Å². The van der Waals surface area contributed by atoms with E-state index in [9.17, 15) is 0 Å². The first-order valence-corrected chi connectivity index (χ1v) is 6.23. The molecule has 0 bridgehead atoms. The molecule has 2 heterocycles. The Hall–Kier alpha value is -0.610. The maximum Gasteiger partial charge on any atom is 0.225 e. The number of hydrogen-bond acceptors (Lipinski definition) is 3. The van der Waals surface area contributed by atoms with Gasteiger partial charge in [-0.3, -0.25) is 4.57 Å². The first-order chi connectivity index (χ1) is 7.67. The SMILES string of the molecule is CCCc1nnc(Cl)n1C1(C)CCOCC1. The van der Waals surface area contributed by atoms with Crippen LogP contribution in [0.2, 0.25) is 5.28 Å². The quantitative estimate of drug-likeness (QED) is 0.819. The van der Waals surface area contributed by atoms with Gasteiger partial charge in [0.2, 0.25) is 5.28 Å². The fourth-order valence-corrected chi connectivity index (χ4v) is 2.59. The molecule has 0 aliphatic carbocycles. The van der Waals surface area contributed by atoms with E-state index >= 15 is 0 Å². The average molecular weight is 244 g/mol. The highest BCUT2D eigenvalue weighted by Crippen LogP contribution is 2.32. The van der Waals surface area contributed by atoms with Gasteiger partial charge in [-0.15, -0.1) is 10.2 Å². The Morgan fingerprint density at radius 2 is 2.06 bits per heavy atom. The van der Waals surface area contributed by atoms with Gasteiger partial charge in [0.1, 0.15) is 5.82 Å². The van der Waals surface area contributed by atoms with Crippen molar-refractivity contribution in [1.29, 1.82) is 0 Å². The second-order valence-corrected chi connectivity index (χ2v) is 4.92. The minimum absolute atomic E-state index is 0.0172. The van der Waals surface area contributed by atoms with Crippen LogP contribution in [0.15, 0.2) is 0 Å². The fourth-order valence-electron chi connectivity index (χ4n) is 2.25. The molecule has 1 saturated heterocycles. The highest BCUT2D eigenvalue weighted by atomic mass is 35.5.